The molecule has 0 radical (unpaired) electrons. The minimum Gasteiger partial charge on any atom is -0.341 e. The number of aromatic amines is 1. The molecule has 1 aromatic heterocycles. The lowest BCUT2D eigenvalue weighted by Gasteiger charge is -2.20. The maximum atomic E-state index is 12.2. The van der Waals surface area contributed by atoms with Gasteiger partial charge in [0, 0.05) is 19.9 Å². The van der Waals surface area contributed by atoms with Crippen LogP contribution in [0.25, 0.3) is 11.0 Å². The second-order valence-electron chi connectivity index (χ2n) is 5.30. The predicted octanol–water partition coefficient (Wildman–Crippen LogP) is 1.35. The highest BCUT2D eigenvalue weighted by Crippen LogP contribution is 2.16. The van der Waals surface area contributed by atoms with Gasteiger partial charge in [-0.15, -0.1) is 0 Å². The van der Waals surface area contributed by atoms with Crippen molar-refractivity contribution in [2.75, 3.05) is 7.05 Å². The van der Waals surface area contributed by atoms with Gasteiger partial charge in [0.2, 0.25) is 5.91 Å². The van der Waals surface area contributed by atoms with Crippen LogP contribution < -0.4 is 5.32 Å². The molecule has 1 aromatic carbocycles. The molecule has 0 fully saturated rings. The van der Waals surface area contributed by atoms with E-state index in [1.54, 1.807) is 7.05 Å². The van der Waals surface area contributed by atoms with E-state index >= 15 is 0 Å². The fraction of sp³-hybridized carbons (Fsp3) is 0.333. The molecule has 114 valence electrons. The zero-order valence-electron chi connectivity index (χ0n) is 12.5. The first-order valence-electron chi connectivity index (χ1n) is 7.14. The maximum absolute atomic E-state index is 12.2. The minimum absolute atomic E-state index is 0.0816. The minimum atomic E-state index is -0.273. The smallest absolute Gasteiger partial charge is 0.268 e. The lowest BCUT2D eigenvalue weighted by Crippen LogP contribution is -2.38. The fourth-order valence-electron chi connectivity index (χ4n) is 2.36. The molecule has 0 bridgehead atoms. The van der Waals surface area contributed by atoms with E-state index in [1.165, 1.54) is 5.01 Å². The Balaban J connectivity index is 1.73. The molecular weight excluding hydrogens is 282 g/mol. The van der Waals surface area contributed by atoms with Gasteiger partial charge in [-0.25, -0.2) is 9.99 Å². The van der Waals surface area contributed by atoms with Crippen LogP contribution in [0, 0.1) is 0 Å². The van der Waals surface area contributed by atoms with Crippen LogP contribution in [0.15, 0.2) is 29.4 Å². The summed E-state index contributed by atoms with van der Waals surface area (Å²) < 4.78 is 0. The molecule has 0 unspecified atom stereocenters. The Bertz CT molecular complexity index is 731. The van der Waals surface area contributed by atoms with Gasteiger partial charge in [-0.2, -0.15) is 5.10 Å². The maximum Gasteiger partial charge on any atom is 0.268 e. The SMILES string of the molecule is C[C@@H](NC(=O)C1=NN(C)C(=O)CC1)c1nc2ccccc2[nH]1. The Labute approximate surface area is 127 Å². The lowest BCUT2D eigenvalue weighted by molar-refractivity contribution is -0.130. The Morgan fingerprint density at radius 1 is 1.36 bits per heavy atom. The zero-order chi connectivity index (χ0) is 15.7. The van der Waals surface area contributed by atoms with Crippen molar-refractivity contribution in [3.63, 3.8) is 0 Å². The van der Waals surface area contributed by atoms with Crippen LogP contribution >= 0.6 is 0 Å². The van der Waals surface area contributed by atoms with Gasteiger partial charge in [0.1, 0.15) is 11.5 Å². The molecule has 1 atom stereocenters. The van der Waals surface area contributed by atoms with Crippen molar-refractivity contribution in [3.8, 4) is 0 Å². The van der Waals surface area contributed by atoms with Gasteiger partial charge < -0.3 is 10.3 Å². The standard InChI is InChI=1S/C15H17N5O2/c1-9(14-17-10-5-3-4-6-11(10)18-14)16-15(22)12-7-8-13(21)20(2)19-12/h3-6,9H,7-8H2,1-2H3,(H,16,22)(H,17,18)/t9-/m1/s1. The molecule has 2 amide bonds. The lowest BCUT2D eigenvalue weighted by atomic mass is 10.1. The van der Waals surface area contributed by atoms with Crippen LogP contribution in [-0.2, 0) is 9.59 Å². The Morgan fingerprint density at radius 3 is 2.86 bits per heavy atom. The normalized spacial score (nSPS) is 16.5. The molecule has 0 aliphatic carbocycles. The van der Waals surface area contributed by atoms with Gasteiger partial charge in [0.15, 0.2) is 0 Å². The highest BCUT2D eigenvalue weighted by molar-refractivity contribution is 6.39. The molecule has 2 heterocycles. The van der Waals surface area contributed by atoms with Crippen molar-refractivity contribution in [3.05, 3.63) is 30.1 Å². The predicted molar refractivity (Wildman–Crippen MR) is 82.1 cm³/mol. The number of hydrazone groups is 1. The largest absolute Gasteiger partial charge is 0.341 e. The Hall–Kier alpha value is -2.70. The van der Waals surface area contributed by atoms with Crippen LogP contribution in [0.5, 0.6) is 0 Å². The number of H-pyrrole nitrogens is 1. The first-order valence-corrected chi connectivity index (χ1v) is 7.14. The third kappa shape index (κ3) is 2.69. The summed E-state index contributed by atoms with van der Waals surface area (Å²) in [6, 6.07) is 7.42. The number of carbonyl (C=O) groups excluding carboxylic acids is 2. The molecule has 2 N–H and O–H groups in total. The Kier molecular flexibility index (Phi) is 3.62. The number of nitrogens with one attached hydrogen (secondary N) is 2. The second-order valence-corrected chi connectivity index (χ2v) is 5.30. The van der Waals surface area contributed by atoms with Crippen molar-refractivity contribution in [2.24, 2.45) is 5.10 Å². The highest BCUT2D eigenvalue weighted by atomic mass is 16.2. The van der Waals surface area contributed by atoms with Gasteiger partial charge in [0.05, 0.1) is 17.1 Å². The van der Waals surface area contributed by atoms with Gasteiger partial charge in [-0.05, 0) is 19.1 Å². The van der Waals surface area contributed by atoms with E-state index in [-0.39, 0.29) is 17.9 Å². The summed E-state index contributed by atoms with van der Waals surface area (Å²) in [5, 5.41) is 8.08. The number of imidazole rings is 1. The summed E-state index contributed by atoms with van der Waals surface area (Å²) >= 11 is 0. The number of rotatable bonds is 3. The molecule has 7 heteroatoms. The summed E-state index contributed by atoms with van der Waals surface area (Å²) in [6.07, 6.45) is 0.670. The van der Waals surface area contributed by atoms with Crippen molar-refractivity contribution < 1.29 is 9.59 Å². The van der Waals surface area contributed by atoms with E-state index in [9.17, 15) is 9.59 Å². The summed E-state index contributed by atoms with van der Waals surface area (Å²) in [4.78, 5) is 31.3. The number of fused-ring (bicyclic) bond motifs is 1. The number of hydrogen-bond acceptors (Lipinski definition) is 4. The molecule has 0 spiro atoms. The molecule has 22 heavy (non-hydrogen) atoms. The molecular formula is C15H17N5O2. The number of amides is 2. The first-order chi connectivity index (χ1) is 10.5. The van der Waals surface area contributed by atoms with Gasteiger partial charge in [-0.1, -0.05) is 12.1 Å². The quantitative estimate of drug-likeness (QED) is 0.896. The van der Waals surface area contributed by atoms with Crippen molar-refractivity contribution in [1.29, 1.82) is 0 Å². The van der Waals surface area contributed by atoms with Crippen LogP contribution in [0.2, 0.25) is 0 Å². The van der Waals surface area contributed by atoms with Crippen molar-refractivity contribution in [2.45, 2.75) is 25.8 Å². The first kappa shape index (κ1) is 14.2. The van der Waals surface area contributed by atoms with E-state index in [0.29, 0.717) is 24.4 Å². The van der Waals surface area contributed by atoms with E-state index in [0.717, 1.165) is 11.0 Å². The molecule has 3 rings (SSSR count). The van der Waals surface area contributed by atoms with Crippen LogP contribution in [0.4, 0.5) is 0 Å². The van der Waals surface area contributed by atoms with Gasteiger partial charge in [-0.3, -0.25) is 9.59 Å². The molecule has 2 aromatic rings. The van der Waals surface area contributed by atoms with E-state index < -0.39 is 0 Å². The van der Waals surface area contributed by atoms with E-state index in [2.05, 4.69) is 20.4 Å². The average molecular weight is 299 g/mol. The Morgan fingerprint density at radius 2 is 2.14 bits per heavy atom. The number of para-hydroxylation sites is 2. The second kappa shape index (κ2) is 5.59. The van der Waals surface area contributed by atoms with Crippen LogP contribution in [-0.4, -0.2) is 39.6 Å². The average Bonchev–Trinajstić information content (AvgIpc) is 2.94. The number of carbonyl (C=O) groups is 2. The molecule has 0 saturated carbocycles. The molecule has 1 aliphatic rings. The topological polar surface area (TPSA) is 90.4 Å². The van der Waals surface area contributed by atoms with Gasteiger partial charge in [0.25, 0.3) is 5.91 Å². The number of nitrogens with zero attached hydrogens (tertiary/aromatic N) is 3. The van der Waals surface area contributed by atoms with Crippen LogP contribution in [0.1, 0.15) is 31.6 Å². The highest BCUT2D eigenvalue weighted by Gasteiger charge is 2.23. The summed E-state index contributed by atoms with van der Waals surface area (Å²) in [5.74, 6) is 0.338. The van der Waals surface area contributed by atoms with E-state index in [4.69, 9.17) is 0 Å². The molecule has 7 nitrogen and oxygen atoms in total. The number of aromatic nitrogens is 2. The summed E-state index contributed by atoms with van der Waals surface area (Å²) in [5.41, 5.74) is 2.16. The van der Waals surface area contributed by atoms with Crippen LogP contribution in [0.3, 0.4) is 0 Å². The summed E-state index contributed by atoms with van der Waals surface area (Å²) in [7, 11) is 1.55. The van der Waals surface area contributed by atoms with E-state index in [1.807, 2.05) is 31.2 Å². The number of benzene rings is 1. The molecule has 1 aliphatic heterocycles. The third-order valence-corrected chi connectivity index (χ3v) is 3.63. The number of hydrogen-bond donors (Lipinski definition) is 2. The third-order valence-electron chi connectivity index (χ3n) is 3.63. The van der Waals surface area contributed by atoms with Gasteiger partial charge >= 0.3 is 0 Å². The fourth-order valence-corrected chi connectivity index (χ4v) is 2.36. The molecule has 0 saturated heterocycles. The zero-order valence-corrected chi connectivity index (χ0v) is 12.5. The van der Waals surface area contributed by atoms with Crippen molar-refractivity contribution in [1.82, 2.24) is 20.3 Å². The monoisotopic (exact) mass is 299 g/mol. The summed E-state index contributed by atoms with van der Waals surface area (Å²) in [6.45, 7) is 1.86. The van der Waals surface area contributed by atoms with Crippen molar-refractivity contribution >= 4 is 28.6 Å².